The van der Waals surface area contributed by atoms with Crippen molar-refractivity contribution in [2.24, 2.45) is 0 Å². The van der Waals surface area contributed by atoms with E-state index in [0.717, 1.165) is 19.0 Å². The van der Waals surface area contributed by atoms with Crippen molar-refractivity contribution < 1.29 is 14.0 Å². The van der Waals surface area contributed by atoms with Crippen molar-refractivity contribution in [1.29, 1.82) is 0 Å². The number of rotatable bonds is 4. The Bertz CT molecular complexity index is 1450. The number of carbonyl (C=O) groups is 2. The van der Waals surface area contributed by atoms with Crippen LogP contribution in [0.5, 0.6) is 0 Å². The minimum Gasteiger partial charge on any atom is -0.383 e. The fraction of sp³-hybridized carbons (Fsp3) is 0.348. The summed E-state index contributed by atoms with van der Waals surface area (Å²) in [7, 11) is 0. The van der Waals surface area contributed by atoms with Crippen LogP contribution in [0.25, 0.3) is 16.8 Å². The molecule has 11 nitrogen and oxygen atoms in total. The fourth-order valence-electron chi connectivity index (χ4n) is 5.61. The van der Waals surface area contributed by atoms with Gasteiger partial charge in [0.05, 0.1) is 23.7 Å². The van der Waals surface area contributed by atoms with Crippen molar-refractivity contribution in [3.63, 3.8) is 0 Å². The molecule has 3 N–H and O–H groups in total. The van der Waals surface area contributed by atoms with Gasteiger partial charge in [0.15, 0.2) is 11.4 Å². The average molecular weight is 475 g/mol. The summed E-state index contributed by atoms with van der Waals surface area (Å²) >= 11 is 0. The van der Waals surface area contributed by atoms with E-state index in [1.807, 2.05) is 4.90 Å². The van der Waals surface area contributed by atoms with Crippen molar-refractivity contribution in [2.75, 3.05) is 5.73 Å². The molecule has 4 aromatic rings. The van der Waals surface area contributed by atoms with E-state index in [-0.39, 0.29) is 41.3 Å². The number of ketones is 1. The quantitative estimate of drug-likeness (QED) is 0.428. The molecule has 2 saturated heterocycles. The molecule has 1 unspecified atom stereocenters. The molecule has 1 amide bonds. The van der Waals surface area contributed by atoms with Gasteiger partial charge in [-0.2, -0.15) is 14.7 Å². The Hall–Kier alpha value is -4.22. The van der Waals surface area contributed by atoms with Gasteiger partial charge in [0.2, 0.25) is 5.82 Å². The lowest BCUT2D eigenvalue weighted by Crippen LogP contribution is -2.46. The van der Waals surface area contributed by atoms with Crippen LogP contribution in [0.2, 0.25) is 0 Å². The first-order chi connectivity index (χ1) is 16.9. The van der Waals surface area contributed by atoms with Crippen LogP contribution in [0.1, 0.15) is 65.2 Å². The Labute approximate surface area is 198 Å². The summed E-state index contributed by atoms with van der Waals surface area (Å²) in [5.41, 5.74) is 8.89. The van der Waals surface area contributed by atoms with E-state index in [2.05, 4.69) is 25.3 Å². The molecule has 2 aliphatic heterocycles. The maximum Gasteiger partial charge on any atom is 0.291 e. The predicted octanol–water partition coefficient (Wildman–Crippen LogP) is 2.38. The highest BCUT2D eigenvalue weighted by Gasteiger charge is 2.45. The van der Waals surface area contributed by atoms with Crippen LogP contribution < -0.4 is 5.73 Å². The molecule has 2 bridgehead atoms. The van der Waals surface area contributed by atoms with E-state index in [9.17, 15) is 14.0 Å². The van der Waals surface area contributed by atoms with E-state index in [4.69, 9.17) is 10.7 Å². The van der Waals surface area contributed by atoms with Gasteiger partial charge in [-0.05, 0) is 38.7 Å². The van der Waals surface area contributed by atoms with Crippen LogP contribution in [-0.4, -0.2) is 63.4 Å². The number of amides is 1. The number of carbonyl (C=O) groups excluding carboxylic acids is 2. The van der Waals surface area contributed by atoms with Crippen LogP contribution in [-0.2, 0) is 0 Å². The number of nitrogens with two attached hydrogens (primary N) is 1. The van der Waals surface area contributed by atoms with Gasteiger partial charge in [-0.3, -0.25) is 19.7 Å². The van der Waals surface area contributed by atoms with Crippen molar-refractivity contribution >= 4 is 23.2 Å². The lowest BCUT2D eigenvalue weighted by atomic mass is 9.85. The summed E-state index contributed by atoms with van der Waals surface area (Å²) in [6.45, 7) is 1.46. The smallest absolute Gasteiger partial charge is 0.291 e. The zero-order valence-electron chi connectivity index (χ0n) is 18.8. The number of nitrogen functional groups attached to an aromatic ring is 1. The van der Waals surface area contributed by atoms with Gasteiger partial charge in [-0.15, -0.1) is 0 Å². The first kappa shape index (κ1) is 21.3. The van der Waals surface area contributed by atoms with Crippen LogP contribution >= 0.6 is 0 Å². The molecule has 2 aliphatic rings. The van der Waals surface area contributed by atoms with Gasteiger partial charge < -0.3 is 10.6 Å². The molecule has 178 valence electrons. The van der Waals surface area contributed by atoms with Crippen molar-refractivity contribution in [2.45, 2.75) is 50.6 Å². The topological polar surface area (TPSA) is 148 Å². The number of H-pyrrole nitrogens is 1. The van der Waals surface area contributed by atoms with Crippen molar-refractivity contribution in [3.05, 3.63) is 53.9 Å². The summed E-state index contributed by atoms with van der Waals surface area (Å²) in [5, 5.41) is 10.8. The Morgan fingerprint density at radius 2 is 1.94 bits per heavy atom. The highest BCUT2D eigenvalue weighted by molar-refractivity contribution is 6.00. The van der Waals surface area contributed by atoms with E-state index >= 15 is 0 Å². The minimum absolute atomic E-state index is 0.00721. The first-order valence-electron chi connectivity index (χ1n) is 11.4. The molecule has 3 atom stereocenters. The molecule has 0 aliphatic carbocycles. The van der Waals surface area contributed by atoms with Crippen LogP contribution in [0.3, 0.4) is 0 Å². The Morgan fingerprint density at radius 1 is 1.17 bits per heavy atom. The van der Waals surface area contributed by atoms with Crippen LogP contribution in [0, 0.1) is 5.82 Å². The normalized spacial score (nSPS) is 21.5. The second kappa shape index (κ2) is 7.93. The van der Waals surface area contributed by atoms with Gasteiger partial charge in [0.1, 0.15) is 18.0 Å². The standard InChI is InChI=1S/C23H22FN9O2/c1-11(34)18-19(12-5-15-2-3-16(6-12)32(15)23(35)21-27-10-28-31-21)30-22-17(9-29-33(22)20(18)25)13-4-14(24)8-26-7-13/h4,7-10,12,15-16H,2-3,5-6,25H2,1H3,(H,27,28,31)/t12?,15-,16+. The number of anilines is 1. The maximum atomic E-state index is 13.9. The van der Waals surface area contributed by atoms with Crippen LogP contribution in [0.4, 0.5) is 10.2 Å². The van der Waals surface area contributed by atoms with E-state index in [1.165, 1.54) is 30.0 Å². The maximum absolute atomic E-state index is 13.9. The van der Waals surface area contributed by atoms with Gasteiger partial charge in [-0.1, -0.05) is 0 Å². The third-order valence-corrected chi connectivity index (χ3v) is 7.05. The van der Waals surface area contributed by atoms with Crippen LogP contribution in [0.15, 0.2) is 31.0 Å². The van der Waals surface area contributed by atoms with Crippen molar-refractivity contribution in [3.8, 4) is 11.1 Å². The second-order valence-electron chi connectivity index (χ2n) is 9.10. The lowest BCUT2D eigenvalue weighted by molar-refractivity contribution is 0.0556. The van der Waals surface area contributed by atoms with Gasteiger partial charge in [0.25, 0.3) is 5.91 Å². The van der Waals surface area contributed by atoms with E-state index in [1.54, 1.807) is 6.20 Å². The number of piperidine rings is 1. The molecule has 6 rings (SSSR count). The Morgan fingerprint density at radius 3 is 2.60 bits per heavy atom. The monoisotopic (exact) mass is 475 g/mol. The number of nitrogens with one attached hydrogen (secondary N) is 1. The zero-order valence-corrected chi connectivity index (χ0v) is 18.8. The SMILES string of the molecule is CC(=O)c1c(C2C[C@H]3CC[C@@H](C2)N3C(=O)c2ncn[nH]2)nc2c(-c3cncc(F)c3)cnn2c1N. The number of hydrogen-bond acceptors (Lipinski definition) is 8. The van der Waals surface area contributed by atoms with Gasteiger partial charge in [0, 0.05) is 35.3 Å². The van der Waals surface area contributed by atoms with Gasteiger partial charge in [-0.25, -0.2) is 14.4 Å². The molecular weight excluding hydrogens is 453 g/mol. The molecule has 12 heteroatoms. The third-order valence-electron chi connectivity index (χ3n) is 7.05. The third kappa shape index (κ3) is 3.35. The largest absolute Gasteiger partial charge is 0.383 e. The Balaban J connectivity index is 1.42. The first-order valence-corrected chi connectivity index (χ1v) is 11.4. The summed E-state index contributed by atoms with van der Waals surface area (Å²) in [6, 6.07) is 1.34. The highest BCUT2D eigenvalue weighted by atomic mass is 19.1. The molecule has 35 heavy (non-hydrogen) atoms. The summed E-state index contributed by atoms with van der Waals surface area (Å²) < 4.78 is 15.3. The molecule has 0 aromatic carbocycles. The van der Waals surface area contributed by atoms with E-state index in [0.29, 0.717) is 40.9 Å². The molecule has 4 aromatic heterocycles. The molecular formula is C23H22FN9O2. The molecule has 0 spiro atoms. The zero-order chi connectivity index (χ0) is 24.3. The van der Waals surface area contributed by atoms with Gasteiger partial charge >= 0.3 is 0 Å². The van der Waals surface area contributed by atoms with E-state index < -0.39 is 5.82 Å². The number of Topliss-reactive ketones (excluding diaryl/α,β-unsaturated/α-hetero) is 1. The van der Waals surface area contributed by atoms with Crippen molar-refractivity contribution in [1.82, 2.24) is 39.7 Å². The number of fused-ring (bicyclic) bond motifs is 3. The predicted molar refractivity (Wildman–Crippen MR) is 122 cm³/mol. The minimum atomic E-state index is -0.476. The summed E-state index contributed by atoms with van der Waals surface area (Å²) in [5.74, 6) is -0.507. The second-order valence-corrected chi connectivity index (χ2v) is 9.10. The summed E-state index contributed by atoms with van der Waals surface area (Å²) in [4.78, 5) is 40.4. The molecule has 0 saturated carbocycles. The number of hydrogen-bond donors (Lipinski definition) is 2. The molecule has 2 fully saturated rings. The number of aromatic amines is 1. The molecule has 0 radical (unpaired) electrons. The summed E-state index contributed by atoms with van der Waals surface area (Å²) in [6.07, 6.45) is 8.53. The molecule has 6 heterocycles. The number of nitrogens with zero attached hydrogens (tertiary/aromatic N) is 7. The average Bonchev–Trinajstić information content (AvgIpc) is 3.57. The lowest BCUT2D eigenvalue weighted by Gasteiger charge is -2.38. The number of pyridine rings is 1. The highest BCUT2D eigenvalue weighted by Crippen LogP contribution is 2.45. The number of aromatic nitrogens is 7. The number of halogens is 1. The fourth-order valence-corrected chi connectivity index (χ4v) is 5.61. The Kier molecular flexibility index (Phi) is 4.83.